The van der Waals surface area contributed by atoms with Gasteiger partial charge in [-0.3, -0.25) is 0 Å². The summed E-state index contributed by atoms with van der Waals surface area (Å²) in [5.41, 5.74) is 23.9. The lowest BCUT2D eigenvalue weighted by molar-refractivity contribution is 0.590. The van der Waals surface area contributed by atoms with Crippen LogP contribution in [-0.2, 0) is 10.8 Å². The van der Waals surface area contributed by atoms with Gasteiger partial charge < -0.3 is 4.90 Å². The Hall–Kier alpha value is -7.48. The zero-order valence-electron chi connectivity index (χ0n) is 40.0. The van der Waals surface area contributed by atoms with Gasteiger partial charge in [0.2, 0.25) is 0 Å². The van der Waals surface area contributed by atoms with E-state index in [2.05, 4.69) is 260 Å². The average Bonchev–Trinajstić information content (AvgIpc) is 3.34. The van der Waals surface area contributed by atoms with Gasteiger partial charge >= 0.3 is 0 Å². The minimum absolute atomic E-state index is 0.0885. The van der Waals surface area contributed by atoms with Gasteiger partial charge in [-0.2, -0.15) is 0 Å². The predicted molar refractivity (Wildman–Crippen MR) is 289 cm³/mol. The van der Waals surface area contributed by atoms with Gasteiger partial charge in [0.25, 0.3) is 0 Å². The minimum atomic E-state index is 0.0885. The molecule has 0 saturated heterocycles. The molecule has 0 saturated carbocycles. The van der Waals surface area contributed by atoms with Crippen LogP contribution in [0.2, 0.25) is 0 Å². The molecule has 1 aliphatic carbocycles. The van der Waals surface area contributed by atoms with Gasteiger partial charge in [0.15, 0.2) is 0 Å². The summed E-state index contributed by atoms with van der Waals surface area (Å²) < 4.78 is 0. The first kappa shape index (κ1) is 42.2. The Kier molecular flexibility index (Phi) is 10.2. The van der Waals surface area contributed by atoms with E-state index in [0.717, 1.165) is 5.69 Å². The van der Waals surface area contributed by atoms with Crippen molar-refractivity contribution in [3.8, 4) is 66.8 Å². The molecule has 10 aromatic rings. The first-order valence-corrected chi connectivity index (χ1v) is 23.8. The number of hydrogen-bond donors (Lipinski definition) is 0. The molecule has 11 rings (SSSR count). The summed E-state index contributed by atoms with van der Waals surface area (Å²) in [5.74, 6) is 0. The van der Waals surface area contributed by atoms with Crippen molar-refractivity contribution in [3.63, 3.8) is 0 Å². The number of benzene rings is 10. The standard InChI is InChI=1S/C66H57N/c1-42-19-21-49(44-15-11-9-12-16-44)40-63(42)67(64-41-50(22-20-43(64)2)45-17-13-10-14-18-45)56-32-27-48-34-59-60(37-51(48)33-56)62-39-53-36-58(47-25-30-55(31-26-47)66(6,7)8)57(35-52(53)38-61(59)62)46-23-28-54(29-24-46)65(3,4)5/h9-41H,1-8H3. The van der Waals surface area contributed by atoms with Crippen molar-refractivity contribution in [3.05, 3.63) is 222 Å². The number of aryl methyl sites for hydroxylation is 2. The molecule has 0 spiro atoms. The van der Waals surface area contributed by atoms with Crippen LogP contribution < -0.4 is 4.90 Å². The van der Waals surface area contributed by atoms with Crippen molar-refractivity contribution in [2.45, 2.75) is 66.2 Å². The molecule has 0 bridgehead atoms. The second-order valence-corrected chi connectivity index (χ2v) is 20.8. The summed E-state index contributed by atoms with van der Waals surface area (Å²) in [7, 11) is 0. The molecule has 1 heteroatoms. The Morgan fingerprint density at radius 1 is 0.284 bits per heavy atom. The molecule has 0 aliphatic heterocycles. The normalized spacial score (nSPS) is 12.2. The first-order valence-electron chi connectivity index (χ1n) is 23.8. The van der Waals surface area contributed by atoms with Gasteiger partial charge in [-0.25, -0.2) is 0 Å². The fraction of sp³-hybridized carbons (Fsp3) is 0.152. The molecule has 0 aromatic heterocycles. The van der Waals surface area contributed by atoms with E-state index >= 15 is 0 Å². The monoisotopic (exact) mass is 863 g/mol. The molecule has 1 nitrogen and oxygen atoms in total. The summed E-state index contributed by atoms with van der Waals surface area (Å²) in [5, 5.41) is 5.00. The zero-order valence-corrected chi connectivity index (χ0v) is 40.0. The highest BCUT2D eigenvalue weighted by molar-refractivity contribution is 6.13. The lowest BCUT2D eigenvalue weighted by atomic mass is 9.77. The third-order valence-electron chi connectivity index (χ3n) is 14.1. The molecule has 67 heavy (non-hydrogen) atoms. The Morgan fingerprint density at radius 3 is 1.04 bits per heavy atom. The van der Waals surface area contributed by atoms with Crippen LogP contribution in [0.25, 0.3) is 88.3 Å². The summed E-state index contributed by atoms with van der Waals surface area (Å²) >= 11 is 0. The SMILES string of the molecule is Cc1ccc(-c2ccccc2)cc1N(c1ccc2cc3c(cc2c1)-c1cc2cc(-c4ccc(C(C)(C)C)cc4)c(-c4ccc(C(C)(C)C)cc4)cc2cc1-3)c1cc(-c2ccccc2)ccc1C. The molecule has 10 aromatic carbocycles. The van der Waals surface area contributed by atoms with Gasteiger partial charge in [0, 0.05) is 17.1 Å². The maximum absolute atomic E-state index is 2.48. The number of nitrogens with zero attached hydrogens (tertiary/aromatic N) is 1. The van der Waals surface area contributed by atoms with Crippen LogP contribution in [0.1, 0.15) is 63.8 Å². The fourth-order valence-electron chi connectivity index (χ4n) is 10.1. The van der Waals surface area contributed by atoms with E-state index in [-0.39, 0.29) is 10.8 Å². The van der Waals surface area contributed by atoms with E-state index in [1.165, 1.54) is 122 Å². The second-order valence-electron chi connectivity index (χ2n) is 20.8. The van der Waals surface area contributed by atoms with Crippen molar-refractivity contribution in [1.82, 2.24) is 0 Å². The summed E-state index contributed by atoms with van der Waals surface area (Å²) in [6, 6.07) is 75.3. The van der Waals surface area contributed by atoms with E-state index in [9.17, 15) is 0 Å². The lowest BCUT2D eigenvalue weighted by Crippen LogP contribution is -2.13. The maximum atomic E-state index is 2.48. The topological polar surface area (TPSA) is 3.24 Å². The summed E-state index contributed by atoms with van der Waals surface area (Å²) in [4.78, 5) is 2.48. The minimum Gasteiger partial charge on any atom is -0.310 e. The fourth-order valence-corrected chi connectivity index (χ4v) is 10.1. The van der Waals surface area contributed by atoms with Gasteiger partial charge in [0.1, 0.15) is 0 Å². The zero-order chi connectivity index (χ0) is 46.2. The summed E-state index contributed by atoms with van der Waals surface area (Å²) in [6.07, 6.45) is 0. The van der Waals surface area contributed by atoms with Crippen molar-refractivity contribution in [2.75, 3.05) is 4.90 Å². The molecule has 0 fully saturated rings. The Morgan fingerprint density at radius 2 is 0.642 bits per heavy atom. The summed E-state index contributed by atoms with van der Waals surface area (Å²) in [6.45, 7) is 18.2. The number of fused-ring (bicyclic) bond motifs is 6. The van der Waals surface area contributed by atoms with Crippen LogP contribution >= 0.6 is 0 Å². The van der Waals surface area contributed by atoms with Crippen molar-refractivity contribution in [1.29, 1.82) is 0 Å². The molecule has 1 aliphatic rings. The second kappa shape index (κ2) is 16.1. The molecule has 0 heterocycles. The molecule has 0 radical (unpaired) electrons. The van der Waals surface area contributed by atoms with E-state index < -0.39 is 0 Å². The smallest absolute Gasteiger partial charge is 0.0497 e. The third-order valence-corrected chi connectivity index (χ3v) is 14.1. The van der Waals surface area contributed by atoms with E-state index in [1.807, 2.05) is 0 Å². The van der Waals surface area contributed by atoms with Crippen molar-refractivity contribution in [2.24, 2.45) is 0 Å². The molecule has 0 amide bonds. The van der Waals surface area contributed by atoms with Gasteiger partial charge in [-0.05, 0) is 196 Å². The molecule has 0 unspecified atom stereocenters. The number of anilines is 3. The van der Waals surface area contributed by atoms with E-state index in [4.69, 9.17) is 0 Å². The first-order chi connectivity index (χ1) is 32.3. The Labute approximate surface area is 397 Å². The average molecular weight is 864 g/mol. The van der Waals surface area contributed by atoms with Crippen molar-refractivity contribution < 1.29 is 0 Å². The largest absolute Gasteiger partial charge is 0.310 e. The van der Waals surface area contributed by atoms with Crippen LogP contribution in [0.4, 0.5) is 17.1 Å². The van der Waals surface area contributed by atoms with Gasteiger partial charge in [-0.15, -0.1) is 0 Å². The molecular weight excluding hydrogens is 807 g/mol. The molecule has 0 N–H and O–H groups in total. The number of hydrogen-bond acceptors (Lipinski definition) is 1. The Balaban J connectivity index is 1.04. The third kappa shape index (κ3) is 7.73. The highest BCUT2D eigenvalue weighted by Gasteiger charge is 2.26. The number of rotatable bonds is 7. The van der Waals surface area contributed by atoms with Crippen LogP contribution in [0.15, 0.2) is 200 Å². The van der Waals surface area contributed by atoms with Crippen molar-refractivity contribution >= 4 is 38.6 Å². The molecule has 0 atom stereocenters. The lowest BCUT2D eigenvalue weighted by Gasteiger charge is -2.30. The van der Waals surface area contributed by atoms with Crippen LogP contribution in [-0.4, -0.2) is 0 Å². The van der Waals surface area contributed by atoms with Gasteiger partial charge in [0.05, 0.1) is 0 Å². The Bertz CT molecular complexity index is 3420. The van der Waals surface area contributed by atoms with Crippen LogP contribution in [0.3, 0.4) is 0 Å². The van der Waals surface area contributed by atoms with E-state index in [1.54, 1.807) is 0 Å². The highest BCUT2D eigenvalue weighted by Crippen LogP contribution is 2.52. The van der Waals surface area contributed by atoms with Gasteiger partial charge in [-0.1, -0.05) is 181 Å². The molecule has 326 valence electrons. The molecular formula is C66H57N. The van der Waals surface area contributed by atoms with E-state index in [0.29, 0.717) is 0 Å². The predicted octanol–water partition coefficient (Wildman–Crippen LogP) is 19.0. The quantitative estimate of drug-likeness (QED) is 0.154. The highest BCUT2D eigenvalue weighted by atomic mass is 15.1. The van der Waals surface area contributed by atoms with Crippen LogP contribution in [0, 0.1) is 13.8 Å². The van der Waals surface area contributed by atoms with Crippen LogP contribution in [0.5, 0.6) is 0 Å². The maximum Gasteiger partial charge on any atom is 0.0497 e.